The van der Waals surface area contributed by atoms with Crippen molar-refractivity contribution in [2.24, 2.45) is 0 Å². The largest absolute Gasteiger partial charge is 0.391 e. The summed E-state index contributed by atoms with van der Waals surface area (Å²) < 4.78 is 0. The Labute approximate surface area is 158 Å². The third-order valence-electron chi connectivity index (χ3n) is 5.52. The van der Waals surface area contributed by atoms with Crippen LogP contribution in [0.15, 0.2) is 9.95 Å². The van der Waals surface area contributed by atoms with Gasteiger partial charge < -0.3 is 16.4 Å². The van der Waals surface area contributed by atoms with Crippen LogP contribution in [0.25, 0.3) is 0 Å². The van der Waals surface area contributed by atoms with Crippen molar-refractivity contribution in [2.45, 2.75) is 81.4 Å². The number of thioether (sulfide) groups is 1. The highest BCUT2D eigenvalue weighted by molar-refractivity contribution is 7.99. The Kier molecular flexibility index (Phi) is 6.45. The Bertz CT molecular complexity index is 663. The third-order valence-corrected chi connectivity index (χ3v) is 6.38. The fraction of sp³-hybridized carbons (Fsp3) is 0.722. The second-order valence-electron chi connectivity index (χ2n) is 7.34. The number of aromatic nitrogens is 2. The van der Waals surface area contributed by atoms with Gasteiger partial charge in [0.15, 0.2) is 11.0 Å². The zero-order chi connectivity index (χ0) is 18.5. The van der Waals surface area contributed by atoms with Crippen molar-refractivity contribution in [1.82, 2.24) is 14.9 Å². The molecule has 0 spiro atoms. The maximum Gasteiger partial charge on any atom is 0.276 e. The number of carbonyl (C=O) groups is 1. The van der Waals surface area contributed by atoms with Crippen LogP contribution in [-0.4, -0.2) is 38.6 Å². The summed E-state index contributed by atoms with van der Waals surface area (Å²) in [7, 11) is 0. The maximum atomic E-state index is 13.1. The van der Waals surface area contributed by atoms with Gasteiger partial charge in [0, 0.05) is 12.1 Å². The lowest BCUT2D eigenvalue weighted by atomic mass is 9.88. The van der Waals surface area contributed by atoms with E-state index in [0.717, 1.165) is 25.7 Å². The van der Waals surface area contributed by atoms with E-state index in [1.807, 2.05) is 0 Å². The van der Waals surface area contributed by atoms with E-state index >= 15 is 0 Å². The van der Waals surface area contributed by atoms with Crippen LogP contribution in [0.4, 0.5) is 11.5 Å². The topological polar surface area (TPSA) is 118 Å². The lowest BCUT2D eigenvalue weighted by Gasteiger charge is -2.41. The summed E-state index contributed by atoms with van der Waals surface area (Å²) in [6, 6.07) is 0.729. The van der Waals surface area contributed by atoms with Gasteiger partial charge in [0.2, 0.25) is 5.91 Å². The monoisotopic (exact) mass is 379 g/mol. The van der Waals surface area contributed by atoms with Crippen LogP contribution in [0.3, 0.4) is 0 Å². The number of H-pyrrole nitrogens is 1. The van der Waals surface area contributed by atoms with Crippen molar-refractivity contribution in [3.8, 4) is 0 Å². The average molecular weight is 380 g/mol. The van der Waals surface area contributed by atoms with Gasteiger partial charge in [-0.05, 0) is 25.7 Å². The predicted molar refractivity (Wildman–Crippen MR) is 105 cm³/mol. The molecule has 1 amide bonds. The molecule has 7 nitrogen and oxygen atoms in total. The molecule has 1 aromatic heterocycles. The quantitative estimate of drug-likeness (QED) is 0.534. The molecule has 8 heteroatoms. The van der Waals surface area contributed by atoms with Gasteiger partial charge in [0.05, 0.1) is 5.75 Å². The van der Waals surface area contributed by atoms with Gasteiger partial charge in [-0.15, -0.1) is 0 Å². The van der Waals surface area contributed by atoms with Crippen LogP contribution < -0.4 is 17.0 Å². The van der Waals surface area contributed by atoms with Gasteiger partial charge in [0.1, 0.15) is 5.69 Å². The minimum Gasteiger partial charge on any atom is -0.391 e. The van der Waals surface area contributed by atoms with Crippen LogP contribution in [0, 0.1) is 0 Å². The van der Waals surface area contributed by atoms with E-state index in [0.29, 0.717) is 17.2 Å². The fourth-order valence-electron chi connectivity index (χ4n) is 4.18. The standard InChI is InChI=1S/C18H29N5O2S/c19-15-16(20)21-18(22-17(15)25)26-11-14(24)23(12-7-3-1-4-8-12)13-9-5-2-6-10-13/h12-13H,1-11,19H2,(H3,20,21,22,25). The van der Waals surface area contributed by atoms with E-state index in [-0.39, 0.29) is 23.2 Å². The molecular formula is C18H29N5O2S. The highest BCUT2D eigenvalue weighted by Crippen LogP contribution is 2.31. The van der Waals surface area contributed by atoms with Crippen molar-refractivity contribution >= 4 is 29.2 Å². The van der Waals surface area contributed by atoms with Gasteiger partial charge in [-0.2, -0.15) is 0 Å². The second kappa shape index (κ2) is 8.79. The molecular weight excluding hydrogens is 350 g/mol. The molecule has 0 saturated heterocycles. The van der Waals surface area contributed by atoms with E-state index in [4.69, 9.17) is 11.5 Å². The molecule has 1 aromatic rings. The smallest absolute Gasteiger partial charge is 0.276 e. The molecule has 0 atom stereocenters. The summed E-state index contributed by atoms with van der Waals surface area (Å²) in [4.78, 5) is 33.6. The Morgan fingerprint density at radius 1 is 1.04 bits per heavy atom. The number of anilines is 2. The third kappa shape index (κ3) is 4.52. The Morgan fingerprint density at radius 3 is 2.08 bits per heavy atom. The van der Waals surface area contributed by atoms with Gasteiger partial charge in [-0.25, -0.2) is 4.98 Å². The lowest BCUT2D eigenvalue weighted by Crippen LogP contribution is -2.49. The number of hydrogen-bond donors (Lipinski definition) is 3. The summed E-state index contributed by atoms with van der Waals surface area (Å²) in [6.07, 6.45) is 11.8. The molecule has 3 rings (SSSR count). The van der Waals surface area contributed by atoms with E-state index in [2.05, 4.69) is 14.9 Å². The first kappa shape index (κ1) is 19.1. The zero-order valence-corrected chi connectivity index (χ0v) is 16.0. The van der Waals surface area contributed by atoms with Crippen LogP contribution in [0.5, 0.6) is 0 Å². The van der Waals surface area contributed by atoms with E-state index < -0.39 is 5.56 Å². The zero-order valence-electron chi connectivity index (χ0n) is 15.2. The summed E-state index contributed by atoms with van der Waals surface area (Å²) in [5, 5.41) is 0.349. The number of nitrogen functional groups attached to an aromatic ring is 2. The van der Waals surface area contributed by atoms with Crippen molar-refractivity contribution in [2.75, 3.05) is 17.2 Å². The van der Waals surface area contributed by atoms with Gasteiger partial charge in [0.25, 0.3) is 5.56 Å². The molecule has 0 aliphatic heterocycles. The molecule has 0 radical (unpaired) electrons. The van der Waals surface area contributed by atoms with Crippen LogP contribution >= 0.6 is 11.8 Å². The highest BCUT2D eigenvalue weighted by atomic mass is 32.2. The number of nitrogens with zero attached hydrogens (tertiary/aromatic N) is 2. The predicted octanol–water partition coefficient (Wildman–Crippen LogP) is 2.52. The molecule has 2 aliphatic rings. The maximum absolute atomic E-state index is 13.1. The average Bonchev–Trinajstić information content (AvgIpc) is 2.66. The number of nitrogens with one attached hydrogen (secondary N) is 1. The molecule has 2 aliphatic carbocycles. The van der Waals surface area contributed by atoms with E-state index in [9.17, 15) is 9.59 Å². The summed E-state index contributed by atoms with van der Waals surface area (Å²) in [6.45, 7) is 0. The van der Waals surface area contributed by atoms with Crippen molar-refractivity contribution in [3.63, 3.8) is 0 Å². The fourth-order valence-corrected chi connectivity index (χ4v) is 4.91. The summed E-state index contributed by atoms with van der Waals surface area (Å²) in [5.74, 6) is 0.422. The molecule has 1 heterocycles. The highest BCUT2D eigenvalue weighted by Gasteiger charge is 2.32. The van der Waals surface area contributed by atoms with Crippen molar-refractivity contribution in [1.29, 1.82) is 0 Å². The summed E-state index contributed by atoms with van der Waals surface area (Å²) in [5.41, 5.74) is 10.7. The Hall–Kier alpha value is -1.70. The molecule has 5 N–H and O–H groups in total. The van der Waals surface area contributed by atoms with E-state index in [1.54, 1.807) is 0 Å². The molecule has 2 saturated carbocycles. The first-order chi connectivity index (χ1) is 12.6. The lowest BCUT2D eigenvalue weighted by molar-refractivity contribution is -0.135. The molecule has 0 bridgehead atoms. The minimum atomic E-state index is -0.455. The SMILES string of the molecule is Nc1nc(SCC(=O)N(C2CCCCC2)C2CCCCC2)[nH]c(=O)c1N. The van der Waals surface area contributed by atoms with Crippen LogP contribution in [-0.2, 0) is 4.79 Å². The van der Waals surface area contributed by atoms with Crippen molar-refractivity contribution < 1.29 is 4.79 Å². The molecule has 144 valence electrons. The van der Waals surface area contributed by atoms with E-state index in [1.165, 1.54) is 50.3 Å². The number of nitrogens with two attached hydrogens (primary N) is 2. The second-order valence-corrected chi connectivity index (χ2v) is 8.31. The first-order valence-corrected chi connectivity index (χ1v) is 10.6. The Morgan fingerprint density at radius 2 is 1.58 bits per heavy atom. The number of aromatic amines is 1. The first-order valence-electron chi connectivity index (χ1n) is 9.65. The van der Waals surface area contributed by atoms with Gasteiger partial charge in [-0.1, -0.05) is 50.3 Å². The molecule has 0 aromatic carbocycles. The van der Waals surface area contributed by atoms with Gasteiger partial charge >= 0.3 is 0 Å². The number of hydrogen-bond acceptors (Lipinski definition) is 6. The number of carbonyl (C=O) groups excluding carboxylic acids is 1. The van der Waals surface area contributed by atoms with Crippen LogP contribution in [0.1, 0.15) is 64.2 Å². The number of rotatable bonds is 5. The molecule has 0 unspecified atom stereocenters. The Balaban J connectivity index is 1.69. The number of amides is 1. The van der Waals surface area contributed by atoms with Gasteiger partial charge in [-0.3, -0.25) is 14.6 Å². The normalized spacial score (nSPS) is 19.4. The minimum absolute atomic E-state index is 0.0140. The van der Waals surface area contributed by atoms with Crippen molar-refractivity contribution in [3.05, 3.63) is 10.4 Å². The molecule has 26 heavy (non-hydrogen) atoms. The molecule has 2 fully saturated rings. The van der Waals surface area contributed by atoms with Crippen LogP contribution in [0.2, 0.25) is 0 Å². The summed E-state index contributed by atoms with van der Waals surface area (Å²) >= 11 is 1.23.